The number of pyridine rings is 4. The normalized spacial score (nSPS) is 12.3. The number of fused-ring (bicyclic) bond motifs is 7. The van der Waals surface area contributed by atoms with Crippen molar-refractivity contribution in [2.75, 3.05) is 0 Å². The summed E-state index contributed by atoms with van der Waals surface area (Å²) in [6.07, 6.45) is 0. The standard InChI is InChI=1S/C54H44N4/c1-53(2,3)39-23-15-33(16-24-39)45-29-19-35-11-13-37-21-31-47(57-51(37)49(35)55-45)43-27-28-44(42-10-8-7-9-41(42)43)48-32-22-38-14-12-36-20-30-46(56-50(36)52(38)58-48)34-17-25-40(26-18-34)54(4,5)6/h7-32H,1-6H3. The Labute approximate surface area is 339 Å². The van der Waals surface area contributed by atoms with Crippen LogP contribution in [-0.2, 0) is 10.8 Å². The van der Waals surface area contributed by atoms with E-state index >= 15 is 0 Å². The zero-order valence-electron chi connectivity index (χ0n) is 33.8. The predicted molar refractivity (Wildman–Crippen MR) is 244 cm³/mol. The first-order chi connectivity index (χ1) is 28.0. The van der Waals surface area contributed by atoms with Crippen molar-refractivity contribution in [2.24, 2.45) is 0 Å². The summed E-state index contributed by atoms with van der Waals surface area (Å²) in [6, 6.07) is 56.3. The minimum Gasteiger partial charge on any atom is -0.245 e. The molecule has 4 heterocycles. The molecule has 0 aliphatic rings. The van der Waals surface area contributed by atoms with E-state index in [0.717, 1.165) is 99.4 Å². The zero-order chi connectivity index (χ0) is 39.8. The van der Waals surface area contributed by atoms with Gasteiger partial charge in [-0.15, -0.1) is 0 Å². The van der Waals surface area contributed by atoms with Crippen molar-refractivity contribution >= 4 is 54.4 Å². The van der Waals surface area contributed by atoms with Crippen LogP contribution >= 0.6 is 0 Å². The molecule has 280 valence electrons. The number of hydrogen-bond acceptors (Lipinski definition) is 4. The molecule has 0 spiro atoms. The molecule has 0 atom stereocenters. The summed E-state index contributed by atoms with van der Waals surface area (Å²) in [5, 5.41) is 6.52. The molecule has 0 amide bonds. The smallest absolute Gasteiger partial charge is 0.0972 e. The summed E-state index contributed by atoms with van der Waals surface area (Å²) in [5.41, 5.74) is 14.5. The molecular weight excluding hydrogens is 705 g/mol. The molecule has 0 saturated heterocycles. The molecule has 4 heteroatoms. The van der Waals surface area contributed by atoms with E-state index < -0.39 is 0 Å². The molecule has 0 unspecified atom stereocenters. The molecule has 4 aromatic heterocycles. The van der Waals surface area contributed by atoms with Crippen LogP contribution in [0.25, 0.3) is 99.4 Å². The first-order valence-electron chi connectivity index (χ1n) is 20.1. The van der Waals surface area contributed by atoms with Gasteiger partial charge in [0.15, 0.2) is 0 Å². The van der Waals surface area contributed by atoms with Gasteiger partial charge in [-0.1, -0.05) is 175 Å². The second-order valence-corrected chi connectivity index (χ2v) is 17.6. The lowest BCUT2D eigenvalue weighted by atomic mass is 9.86. The largest absolute Gasteiger partial charge is 0.245 e. The topological polar surface area (TPSA) is 51.6 Å². The third-order valence-corrected chi connectivity index (χ3v) is 11.6. The van der Waals surface area contributed by atoms with Gasteiger partial charge < -0.3 is 0 Å². The van der Waals surface area contributed by atoms with Crippen LogP contribution in [0.15, 0.2) is 158 Å². The van der Waals surface area contributed by atoms with Crippen LogP contribution in [0.4, 0.5) is 0 Å². The minimum atomic E-state index is 0.0945. The van der Waals surface area contributed by atoms with Crippen molar-refractivity contribution < 1.29 is 0 Å². The van der Waals surface area contributed by atoms with Gasteiger partial charge in [-0.3, -0.25) is 0 Å². The number of hydrogen-bond donors (Lipinski definition) is 0. The quantitative estimate of drug-likeness (QED) is 0.168. The third-order valence-electron chi connectivity index (χ3n) is 11.6. The Balaban J connectivity index is 1.06. The zero-order valence-corrected chi connectivity index (χ0v) is 33.8. The van der Waals surface area contributed by atoms with Crippen LogP contribution in [0.5, 0.6) is 0 Å². The maximum Gasteiger partial charge on any atom is 0.0972 e. The van der Waals surface area contributed by atoms with E-state index in [1.165, 1.54) is 11.1 Å². The molecule has 6 aromatic carbocycles. The third kappa shape index (κ3) is 6.26. The molecule has 0 saturated carbocycles. The van der Waals surface area contributed by atoms with E-state index in [1.54, 1.807) is 0 Å². The Morgan fingerprint density at radius 3 is 0.914 bits per heavy atom. The van der Waals surface area contributed by atoms with Gasteiger partial charge >= 0.3 is 0 Å². The van der Waals surface area contributed by atoms with Gasteiger partial charge in [-0.05, 0) is 57.0 Å². The molecule has 0 aliphatic carbocycles. The second kappa shape index (κ2) is 13.4. The van der Waals surface area contributed by atoms with Gasteiger partial charge in [0.2, 0.25) is 0 Å². The van der Waals surface area contributed by atoms with E-state index in [-0.39, 0.29) is 10.8 Å². The van der Waals surface area contributed by atoms with Gasteiger partial charge in [-0.2, -0.15) is 0 Å². The average Bonchev–Trinajstić information content (AvgIpc) is 3.24. The van der Waals surface area contributed by atoms with Crippen molar-refractivity contribution in [2.45, 2.75) is 52.4 Å². The monoisotopic (exact) mass is 748 g/mol. The summed E-state index contributed by atoms with van der Waals surface area (Å²) in [4.78, 5) is 21.1. The lowest BCUT2D eigenvalue weighted by molar-refractivity contribution is 0.590. The highest BCUT2D eigenvalue weighted by Gasteiger charge is 2.17. The van der Waals surface area contributed by atoms with Crippen LogP contribution in [-0.4, -0.2) is 19.9 Å². The molecule has 4 nitrogen and oxygen atoms in total. The first kappa shape index (κ1) is 35.6. The second-order valence-electron chi connectivity index (χ2n) is 17.6. The van der Waals surface area contributed by atoms with E-state index in [2.05, 4.69) is 199 Å². The Hall–Kier alpha value is -6.78. The summed E-state index contributed by atoms with van der Waals surface area (Å²) >= 11 is 0. The van der Waals surface area contributed by atoms with Gasteiger partial charge in [-0.25, -0.2) is 19.9 Å². The highest BCUT2D eigenvalue weighted by atomic mass is 14.8. The molecule has 0 fully saturated rings. The van der Waals surface area contributed by atoms with Crippen molar-refractivity contribution in [3.8, 4) is 45.0 Å². The van der Waals surface area contributed by atoms with Crippen molar-refractivity contribution in [1.29, 1.82) is 0 Å². The van der Waals surface area contributed by atoms with Gasteiger partial charge in [0, 0.05) is 43.8 Å². The lowest BCUT2D eigenvalue weighted by Gasteiger charge is -2.19. The highest BCUT2D eigenvalue weighted by Crippen LogP contribution is 2.38. The Morgan fingerprint density at radius 2 is 0.586 bits per heavy atom. The summed E-state index contributed by atoms with van der Waals surface area (Å²) in [5.74, 6) is 0. The molecule has 0 aliphatic heterocycles. The van der Waals surface area contributed by atoms with Crippen LogP contribution in [0.2, 0.25) is 0 Å². The summed E-state index contributed by atoms with van der Waals surface area (Å²) in [6.45, 7) is 13.4. The van der Waals surface area contributed by atoms with E-state index in [4.69, 9.17) is 19.9 Å². The fraction of sp³-hybridized carbons (Fsp3) is 0.148. The van der Waals surface area contributed by atoms with Crippen LogP contribution in [0, 0.1) is 0 Å². The number of nitrogens with zero attached hydrogens (tertiary/aromatic N) is 4. The predicted octanol–water partition coefficient (Wildman–Crippen LogP) is 14.3. The van der Waals surface area contributed by atoms with Gasteiger partial charge in [0.05, 0.1) is 44.8 Å². The van der Waals surface area contributed by atoms with Crippen LogP contribution in [0.1, 0.15) is 52.7 Å². The Kier molecular flexibility index (Phi) is 8.24. The van der Waals surface area contributed by atoms with Crippen molar-refractivity contribution in [1.82, 2.24) is 19.9 Å². The average molecular weight is 749 g/mol. The van der Waals surface area contributed by atoms with Gasteiger partial charge in [0.25, 0.3) is 0 Å². The number of rotatable bonds is 4. The minimum absolute atomic E-state index is 0.0945. The van der Waals surface area contributed by atoms with E-state index in [9.17, 15) is 0 Å². The SMILES string of the molecule is CC(C)(C)c1ccc(-c2ccc3ccc4ccc(-c5ccc(-c6ccc7ccc8ccc(-c9ccc(C(C)(C)C)cc9)nc8c7n6)c6ccccc56)nc4c3n2)cc1. The molecule has 0 bridgehead atoms. The van der Waals surface area contributed by atoms with Crippen LogP contribution < -0.4 is 0 Å². The maximum absolute atomic E-state index is 5.35. The fourth-order valence-corrected chi connectivity index (χ4v) is 8.18. The number of benzene rings is 6. The highest BCUT2D eigenvalue weighted by molar-refractivity contribution is 6.09. The summed E-state index contributed by atoms with van der Waals surface area (Å²) in [7, 11) is 0. The maximum atomic E-state index is 5.35. The molecule has 0 N–H and O–H groups in total. The van der Waals surface area contributed by atoms with Crippen molar-refractivity contribution in [3.05, 3.63) is 169 Å². The van der Waals surface area contributed by atoms with E-state index in [1.807, 2.05) is 0 Å². The van der Waals surface area contributed by atoms with Crippen molar-refractivity contribution in [3.63, 3.8) is 0 Å². The van der Waals surface area contributed by atoms with Crippen LogP contribution in [0.3, 0.4) is 0 Å². The first-order valence-corrected chi connectivity index (χ1v) is 20.1. The van der Waals surface area contributed by atoms with Gasteiger partial charge in [0.1, 0.15) is 0 Å². The molecular formula is C54H44N4. The fourth-order valence-electron chi connectivity index (χ4n) is 8.18. The Bertz CT molecular complexity index is 3000. The molecule has 58 heavy (non-hydrogen) atoms. The van der Waals surface area contributed by atoms with E-state index in [0.29, 0.717) is 0 Å². The Morgan fingerprint density at radius 1 is 0.293 bits per heavy atom. The molecule has 10 rings (SSSR count). The molecule has 0 radical (unpaired) electrons. The summed E-state index contributed by atoms with van der Waals surface area (Å²) < 4.78 is 0. The molecule has 10 aromatic rings. The lowest BCUT2D eigenvalue weighted by Crippen LogP contribution is -2.10. The number of aromatic nitrogens is 4.